The molecule has 1 radical (unpaired) electrons. The van der Waals surface area contributed by atoms with Gasteiger partial charge in [0.25, 0.3) is 10.1 Å². The van der Waals surface area contributed by atoms with E-state index in [0.717, 1.165) is 13.0 Å². The van der Waals surface area contributed by atoms with Gasteiger partial charge in [-0.05, 0) is 13.3 Å². The maximum Gasteiger partial charge on any atom is 0.267 e. The molecule has 0 spiro atoms. The molecule has 93 valence electrons. The molecule has 0 amide bonds. The Morgan fingerprint density at radius 1 is 1.50 bits per heavy atom. The van der Waals surface area contributed by atoms with E-state index in [-0.39, 0.29) is 29.6 Å². The number of hydrogen-bond acceptors (Lipinski definition) is 4. The van der Waals surface area contributed by atoms with Crippen molar-refractivity contribution in [3.05, 3.63) is 12.7 Å². The van der Waals surface area contributed by atoms with Crippen molar-refractivity contribution in [2.24, 2.45) is 0 Å². The molecule has 0 saturated heterocycles. The summed E-state index contributed by atoms with van der Waals surface area (Å²) in [6.45, 7) is 8.42. The standard InChI is InChI=1S/C6H12O.C3H8O4S.Na/c1-3-5-7-6-4-2;1-3(4)2-8(5,6)7;/h3H,1,4-6H2,2H3;3-4H,2H2,1H3,(H,5,6,7);. The Bertz CT molecular complexity index is 238. The number of aliphatic hydroxyl groups is 1. The van der Waals surface area contributed by atoms with Crippen molar-refractivity contribution in [3.63, 3.8) is 0 Å². The van der Waals surface area contributed by atoms with Gasteiger partial charge in [-0.2, -0.15) is 8.42 Å². The third kappa shape index (κ3) is 29.3. The van der Waals surface area contributed by atoms with Crippen LogP contribution in [0.2, 0.25) is 0 Å². The first-order valence-corrected chi connectivity index (χ1v) is 6.26. The molecule has 0 aromatic heterocycles. The molecule has 0 aliphatic carbocycles. The third-order valence-electron chi connectivity index (χ3n) is 1.04. The Hall–Kier alpha value is 0.570. The summed E-state index contributed by atoms with van der Waals surface area (Å²) in [5.74, 6) is -0.590. The maximum atomic E-state index is 9.84. The zero-order valence-electron chi connectivity index (χ0n) is 10.2. The van der Waals surface area contributed by atoms with Crippen LogP contribution in [-0.4, -0.2) is 72.7 Å². The van der Waals surface area contributed by atoms with Crippen LogP contribution in [0.4, 0.5) is 0 Å². The largest absolute Gasteiger partial charge is 0.392 e. The topological polar surface area (TPSA) is 83.8 Å². The van der Waals surface area contributed by atoms with E-state index in [1.807, 2.05) is 0 Å². The van der Waals surface area contributed by atoms with Gasteiger partial charge in [0.1, 0.15) is 5.75 Å². The molecule has 2 N–H and O–H groups in total. The zero-order valence-corrected chi connectivity index (χ0v) is 13.0. The van der Waals surface area contributed by atoms with Crippen LogP contribution in [0.15, 0.2) is 12.7 Å². The summed E-state index contributed by atoms with van der Waals surface area (Å²) in [5, 5.41) is 8.35. The molecule has 7 heteroatoms. The summed E-state index contributed by atoms with van der Waals surface area (Å²) in [4.78, 5) is 0. The Labute approximate surface area is 120 Å². The van der Waals surface area contributed by atoms with E-state index >= 15 is 0 Å². The first-order chi connectivity index (χ1) is 6.83. The van der Waals surface area contributed by atoms with E-state index in [4.69, 9.17) is 14.4 Å². The fourth-order valence-electron chi connectivity index (χ4n) is 0.616. The molecule has 0 fully saturated rings. The molecule has 0 aromatic carbocycles. The van der Waals surface area contributed by atoms with Gasteiger partial charge in [0.15, 0.2) is 0 Å². The minimum absolute atomic E-state index is 0. The summed E-state index contributed by atoms with van der Waals surface area (Å²) in [7, 11) is -3.97. The monoisotopic (exact) mass is 263 g/mol. The second-order valence-corrected chi connectivity index (χ2v) is 4.46. The molecular weight excluding hydrogens is 243 g/mol. The van der Waals surface area contributed by atoms with Crippen molar-refractivity contribution >= 4 is 39.7 Å². The third-order valence-corrected chi connectivity index (χ3v) is 1.94. The van der Waals surface area contributed by atoms with Gasteiger partial charge in [-0.15, -0.1) is 6.58 Å². The van der Waals surface area contributed by atoms with Gasteiger partial charge in [0, 0.05) is 36.2 Å². The predicted octanol–water partition coefficient (Wildman–Crippen LogP) is 0.473. The molecule has 0 heterocycles. The SMILES string of the molecule is C=CCOCCC.CC(O)CS(=O)(=O)O.[Na]. The number of rotatable bonds is 6. The van der Waals surface area contributed by atoms with E-state index in [0.29, 0.717) is 6.61 Å². The minimum Gasteiger partial charge on any atom is -0.392 e. The maximum absolute atomic E-state index is 9.84. The average molecular weight is 263 g/mol. The van der Waals surface area contributed by atoms with E-state index in [1.165, 1.54) is 6.92 Å². The smallest absolute Gasteiger partial charge is 0.267 e. The minimum atomic E-state index is -3.97. The molecule has 0 bridgehead atoms. The molecule has 0 saturated carbocycles. The van der Waals surface area contributed by atoms with Crippen molar-refractivity contribution in [2.75, 3.05) is 19.0 Å². The van der Waals surface area contributed by atoms with E-state index < -0.39 is 22.0 Å². The van der Waals surface area contributed by atoms with Gasteiger partial charge in [0.2, 0.25) is 0 Å². The summed E-state index contributed by atoms with van der Waals surface area (Å²) in [6, 6.07) is 0. The zero-order chi connectivity index (χ0) is 12.3. The van der Waals surface area contributed by atoms with Gasteiger partial charge in [-0.25, -0.2) is 0 Å². The van der Waals surface area contributed by atoms with Crippen LogP contribution in [0.25, 0.3) is 0 Å². The summed E-state index contributed by atoms with van der Waals surface area (Å²) >= 11 is 0. The predicted molar refractivity (Wildman–Crippen MR) is 65.2 cm³/mol. The number of ether oxygens (including phenoxy) is 1. The second-order valence-electron chi connectivity index (χ2n) is 2.96. The molecule has 0 rings (SSSR count). The molecule has 0 aliphatic rings. The first-order valence-electron chi connectivity index (χ1n) is 4.65. The quantitative estimate of drug-likeness (QED) is 0.315. The van der Waals surface area contributed by atoms with Gasteiger partial charge in [-0.1, -0.05) is 13.0 Å². The van der Waals surface area contributed by atoms with Gasteiger partial charge in [0.05, 0.1) is 12.7 Å². The van der Waals surface area contributed by atoms with Crippen molar-refractivity contribution in [1.82, 2.24) is 0 Å². The Morgan fingerprint density at radius 3 is 2.19 bits per heavy atom. The fourth-order valence-corrected chi connectivity index (χ4v) is 1.23. The van der Waals surface area contributed by atoms with E-state index in [9.17, 15) is 8.42 Å². The first kappa shape index (κ1) is 21.8. The van der Waals surface area contributed by atoms with Crippen LogP contribution in [0.5, 0.6) is 0 Å². The molecule has 1 atom stereocenters. The van der Waals surface area contributed by atoms with Crippen LogP contribution < -0.4 is 0 Å². The summed E-state index contributed by atoms with van der Waals surface area (Å²) in [5.41, 5.74) is 0. The fraction of sp³-hybridized carbons (Fsp3) is 0.778. The van der Waals surface area contributed by atoms with Gasteiger partial charge >= 0.3 is 0 Å². The Kier molecular flexibility index (Phi) is 18.6. The van der Waals surface area contributed by atoms with E-state index in [1.54, 1.807) is 6.08 Å². The Balaban J connectivity index is -0.000000200. The van der Waals surface area contributed by atoms with Crippen LogP contribution in [0.1, 0.15) is 20.3 Å². The van der Waals surface area contributed by atoms with Crippen molar-refractivity contribution in [2.45, 2.75) is 26.4 Å². The van der Waals surface area contributed by atoms with Crippen molar-refractivity contribution < 1.29 is 22.8 Å². The van der Waals surface area contributed by atoms with Gasteiger partial charge in [-0.3, -0.25) is 4.55 Å². The number of hydrogen-bond donors (Lipinski definition) is 2. The van der Waals surface area contributed by atoms with Crippen molar-refractivity contribution in [3.8, 4) is 0 Å². The normalized spacial score (nSPS) is 11.8. The molecule has 5 nitrogen and oxygen atoms in total. The van der Waals surface area contributed by atoms with E-state index in [2.05, 4.69) is 13.5 Å². The number of aliphatic hydroxyl groups excluding tert-OH is 1. The Morgan fingerprint density at radius 2 is 2.00 bits per heavy atom. The average Bonchev–Trinajstić information content (AvgIpc) is 2.01. The molecule has 0 aliphatic heterocycles. The summed E-state index contributed by atoms with van der Waals surface area (Å²) < 4.78 is 32.7. The van der Waals surface area contributed by atoms with Crippen LogP contribution in [0, 0.1) is 0 Å². The van der Waals surface area contributed by atoms with Crippen LogP contribution in [-0.2, 0) is 14.9 Å². The molecule has 16 heavy (non-hydrogen) atoms. The summed E-state index contributed by atoms with van der Waals surface area (Å²) in [6.07, 6.45) is 1.86. The van der Waals surface area contributed by atoms with Crippen LogP contribution in [0.3, 0.4) is 0 Å². The van der Waals surface area contributed by atoms with Crippen molar-refractivity contribution in [1.29, 1.82) is 0 Å². The molecule has 0 aromatic rings. The van der Waals surface area contributed by atoms with Gasteiger partial charge < -0.3 is 9.84 Å². The second kappa shape index (κ2) is 13.6. The molecular formula is C9H20NaO5S. The molecule has 1 unspecified atom stereocenters. The van der Waals surface area contributed by atoms with Crippen LogP contribution >= 0.6 is 0 Å².